The Morgan fingerprint density at radius 3 is 2.72 bits per heavy atom. The number of hydrogen-bond donors (Lipinski definition) is 1. The Hall–Kier alpha value is -1.43. The molecule has 0 saturated heterocycles. The van der Waals surface area contributed by atoms with Crippen LogP contribution in [0.2, 0.25) is 0 Å². The highest BCUT2D eigenvalue weighted by Gasteiger charge is 2.13. The molecule has 98 valence electrons. The first-order valence-corrected chi connectivity index (χ1v) is 6.09. The molecule has 0 spiro atoms. The van der Waals surface area contributed by atoms with Crippen molar-refractivity contribution in [2.24, 2.45) is 0 Å². The molecule has 1 rings (SSSR count). The predicted octanol–water partition coefficient (Wildman–Crippen LogP) is 2.06. The lowest BCUT2D eigenvalue weighted by Crippen LogP contribution is -2.30. The molecule has 0 bridgehead atoms. The van der Waals surface area contributed by atoms with Gasteiger partial charge in [-0.05, 0) is 30.2 Å². The highest BCUT2D eigenvalue weighted by Crippen LogP contribution is 2.16. The highest BCUT2D eigenvalue weighted by atomic mass is 79.9. The molecule has 18 heavy (non-hydrogen) atoms. The van der Waals surface area contributed by atoms with Crippen LogP contribution in [0.3, 0.4) is 0 Å². The van der Waals surface area contributed by atoms with Crippen LogP contribution in [0.1, 0.15) is 12.0 Å². The van der Waals surface area contributed by atoms with Crippen molar-refractivity contribution in [3.63, 3.8) is 0 Å². The molecule has 0 aliphatic heterocycles. The van der Waals surface area contributed by atoms with Crippen LogP contribution in [-0.2, 0) is 16.0 Å². The lowest BCUT2D eigenvalue weighted by molar-refractivity contribution is -0.143. The maximum atomic E-state index is 13.4. The monoisotopic (exact) mass is 317 g/mol. The van der Waals surface area contributed by atoms with Gasteiger partial charge in [0, 0.05) is 18.1 Å². The summed E-state index contributed by atoms with van der Waals surface area (Å²) in [4.78, 5) is 23.0. The maximum Gasteiger partial charge on any atom is 0.312 e. The summed E-state index contributed by atoms with van der Waals surface area (Å²) >= 11 is 3.24. The number of carbonyl (C=O) groups excluding carboxylic acids is 1. The Balaban J connectivity index is 2.57. The van der Waals surface area contributed by atoms with E-state index in [0.29, 0.717) is 12.0 Å². The fourth-order valence-electron chi connectivity index (χ4n) is 1.41. The van der Waals surface area contributed by atoms with Gasteiger partial charge in [0.25, 0.3) is 0 Å². The van der Waals surface area contributed by atoms with Crippen LogP contribution in [0, 0.1) is 5.82 Å². The van der Waals surface area contributed by atoms with E-state index in [-0.39, 0.29) is 12.4 Å². The molecule has 6 heteroatoms. The van der Waals surface area contributed by atoms with Gasteiger partial charge in [0.05, 0.1) is 0 Å². The van der Waals surface area contributed by atoms with E-state index in [1.165, 1.54) is 18.0 Å². The molecule has 0 saturated carbocycles. The average Bonchev–Trinajstić information content (AvgIpc) is 2.29. The normalized spacial score (nSPS) is 10.2. The van der Waals surface area contributed by atoms with Crippen molar-refractivity contribution in [3.8, 4) is 0 Å². The first-order valence-electron chi connectivity index (χ1n) is 5.30. The number of carboxylic acid groups (broad SMARTS) is 1. The van der Waals surface area contributed by atoms with E-state index >= 15 is 0 Å². The van der Waals surface area contributed by atoms with Crippen LogP contribution in [-0.4, -0.2) is 35.5 Å². The van der Waals surface area contributed by atoms with E-state index in [2.05, 4.69) is 15.9 Å². The van der Waals surface area contributed by atoms with Crippen LogP contribution in [0.5, 0.6) is 0 Å². The third-order valence-corrected chi connectivity index (χ3v) is 2.95. The van der Waals surface area contributed by atoms with E-state index < -0.39 is 18.3 Å². The van der Waals surface area contributed by atoms with Crippen molar-refractivity contribution < 1.29 is 19.1 Å². The van der Waals surface area contributed by atoms with E-state index in [1.54, 1.807) is 12.1 Å². The van der Waals surface area contributed by atoms with Gasteiger partial charge < -0.3 is 10.0 Å². The number of halogens is 2. The van der Waals surface area contributed by atoms with Crippen molar-refractivity contribution >= 4 is 27.8 Å². The summed E-state index contributed by atoms with van der Waals surface area (Å²) in [5.41, 5.74) is 0.486. The summed E-state index contributed by atoms with van der Waals surface area (Å²) in [5.74, 6) is -1.99. The molecule has 0 fully saturated rings. The molecule has 0 aliphatic rings. The lowest BCUT2D eigenvalue weighted by Gasteiger charge is -2.16. The van der Waals surface area contributed by atoms with Crippen LogP contribution < -0.4 is 0 Å². The molecule has 1 aromatic carbocycles. The summed E-state index contributed by atoms with van der Waals surface area (Å²) in [7, 11) is 1.50. The summed E-state index contributed by atoms with van der Waals surface area (Å²) in [6.07, 6.45) is -0.204. The van der Waals surface area contributed by atoms with Gasteiger partial charge in [0.2, 0.25) is 5.91 Å². The first kappa shape index (κ1) is 14.6. The van der Waals surface area contributed by atoms with Gasteiger partial charge in [0.15, 0.2) is 0 Å². The Morgan fingerprint density at radius 2 is 2.11 bits per heavy atom. The molecule has 0 unspecified atom stereocenters. The van der Waals surface area contributed by atoms with E-state index in [0.717, 1.165) is 4.47 Å². The van der Waals surface area contributed by atoms with Crippen molar-refractivity contribution in [3.05, 3.63) is 34.1 Å². The minimum absolute atomic E-state index is 0.277. The first-order chi connectivity index (χ1) is 8.40. The van der Waals surface area contributed by atoms with Crippen molar-refractivity contribution in [1.29, 1.82) is 0 Å². The second-order valence-corrected chi connectivity index (χ2v) is 4.79. The Bertz CT molecular complexity index is 465. The molecule has 0 aromatic heterocycles. The average molecular weight is 318 g/mol. The van der Waals surface area contributed by atoms with Crippen molar-refractivity contribution in [2.45, 2.75) is 12.8 Å². The fourth-order valence-corrected chi connectivity index (χ4v) is 1.82. The number of rotatable bonds is 5. The number of nitrogens with zero attached hydrogens (tertiary/aromatic N) is 1. The van der Waals surface area contributed by atoms with Crippen LogP contribution in [0.25, 0.3) is 0 Å². The number of amides is 1. The zero-order valence-corrected chi connectivity index (χ0v) is 11.4. The van der Waals surface area contributed by atoms with Crippen LogP contribution in [0.15, 0.2) is 22.7 Å². The number of likely N-dealkylation sites (N-methyl/N-ethyl adjacent to an activating group) is 1. The van der Waals surface area contributed by atoms with E-state index in [4.69, 9.17) is 5.11 Å². The zero-order valence-electron chi connectivity index (χ0n) is 9.82. The number of aliphatic carboxylic acids is 1. The lowest BCUT2D eigenvalue weighted by atomic mass is 10.1. The molecule has 1 amide bonds. The summed E-state index contributed by atoms with van der Waals surface area (Å²) in [6.45, 7) is 0.277. The number of carbonyl (C=O) groups is 2. The molecule has 0 atom stereocenters. The zero-order chi connectivity index (χ0) is 13.7. The summed E-state index contributed by atoms with van der Waals surface area (Å²) in [5, 5.41) is 8.48. The molecule has 0 radical (unpaired) electrons. The van der Waals surface area contributed by atoms with Crippen molar-refractivity contribution in [1.82, 2.24) is 4.90 Å². The molecule has 1 aromatic rings. The Kier molecular flexibility index (Phi) is 5.27. The predicted molar refractivity (Wildman–Crippen MR) is 67.7 cm³/mol. The van der Waals surface area contributed by atoms with Gasteiger partial charge in [-0.1, -0.05) is 15.9 Å². The fraction of sp³-hybridized carbons (Fsp3) is 0.333. The minimum atomic E-state index is -1.17. The summed E-state index contributed by atoms with van der Waals surface area (Å²) in [6, 6.07) is 4.58. The molecule has 4 nitrogen and oxygen atoms in total. The Morgan fingerprint density at radius 1 is 1.44 bits per heavy atom. The van der Waals surface area contributed by atoms with Gasteiger partial charge in [-0.15, -0.1) is 0 Å². The van der Waals surface area contributed by atoms with E-state index in [9.17, 15) is 14.0 Å². The third-order valence-electron chi connectivity index (χ3n) is 2.45. The summed E-state index contributed by atoms with van der Waals surface area (Å²) < 4.78 is 14.2. The smallest absolute Gasteiger partial charge is 0.312 e. The molecular formula is C12H13BrFNO3. The van der Waals surface area contributed by atoms with Gasteiger partial charge >= 0.3 is 5.97 Å². The van der Waals surface area contributed by atoms with Crippen LogP contribution >= 0.6 is 15.9 Å². The van der Waals surface area contributed by atoms with Crippen LogP contribution in [0.4, 0.5) is 4.39 Å². The standard InChI is InChI=1S/C12H13BrFNO3/c1-15(11(16)7-12(17)18)5-4-8-6-9(13)2-3-10(8)14/h2-3,6H,4-5,7H2,1H3,(H,17,18). The topological polar surface area (TPSA) is 57.6 Å². The van der Waals surface area contributed by atoms with Crippen molar-refractivity contribution in [2.75, 3.05) is 13.6 Å². The molecule has 0 heterocycles. The van der Waals surface area contributed by atoms with Gasteiger partial charge in [-0.3, -0.25) is 9.59 Å². The molecule has 1 N–H and O–H groups in total. The SMILES string of the molecule is CN(CCc1cc(Br)ccc1F)C(=O)CC(=O)O. The second kappa shape index (κ2) is 6.49. The van der Waals surface area contributed by atoms with Gasteiger partial charge in [0.1, 0.15) is 12.2 Å². The maximum absolute atomic E-state index is 13.4. The Labute approximate surface area is 113 Å². The highest BCUT2D eigenvalue weighted by molar-refractivity contribution is 9.10. The van der Waals surface area contributed by atoms with E-state index in [1.807, 2.05) is 0 Å². The quantitative estimate of drug-likeness (QED) is 0.846. The molecular weight excluding hydrogens is 305 g/mol. The third kappa shape index (κ3) is 4.44. The molecule has 0 aliphatic carbocycles. The number of carboxylic acids is 1. The number of benzene rings is 1. The van der Waals surface area contributed by atoms with Gasteiger partial charge in [-0.25, -0.2) is 4.39 Å². The minimum Gasteiger partial charge on any atom is -0.481 e. The van der Waals surface area contributed by atoms with Gasteiger partial charge in [-0.2, -0.15) is 0 Å². The largest absolute Gasteiger partial charge is 0.481 e. The number of hydrogen-bond acceptors (Lipinski definition) is 2. The second-order valence-electron chi connectivity index (χ2n) is 3.87.